The first kappa shape index (κ1) is 19.2. The summed E-state index contributed by atoms with van der Waals surface area (Å²) < 4.78 is 10.8. The van der Waals surface area contributed by atoms with E-state index in [4.69, 9.17) is 9.47 Å². The van der Waals surface area contributed by atoms with Gasteiger partial charge in [0.1, 0.15) is 11.5 Å². The number of methoxy groups -OCH3 is 1. The Balaban J connectivity index is 1.68. The van der Waals surface area contributed by atoms with Crippen molar-refractivity contribution in [1.29, 1.82) is 0 Å². The van der Waals surface area contributed by atoms with Crippen LogP contribution in [0.1, 0.15) is 24.2 Å². The van der Waals surface area contributed by atoms with Gasteiger partial charge in [0.15, 0.2) is 0 Å². The molecule has 0 unspecified atom stereocenters. The highest BCUT2D eigenvalue weighted by molar-refractivity contribution is 6.04. The van der Waals surface area contributed by atoms with E-state index in [9.17, 15) is 4.79 Å². The van der Waals surface area contributed by atoms with Gasteiger partial charge in [-0.1, -0.05) is 6.07 Å². The average Bonchev–Trinajstić information content (AvgIpc) is 2.69. The molecule has 1 aromatic heterocycles. The van der Waals surface area contributed by atoms with Gasteiger partial charge in [0, 0.05) is 23.6 Å². The van der Waals surface area contributed by atoms with Crippen LogP contribution in [-0.4, -0.2) is 24.1 Å². The third-order valence-electron chi connectivity index (χ3n) is 3.84. The van der Waals surface area contributed by atoms with Crippen molar-refractivity contribution in [2.45, 2.75) is 20.0 Å². The first-order chi connectivity index (χ1) is 13.5. The molecule has 2 N–H and O–H groups in total. The van der Waals surface area contributed by atoms with Crippen molar-refractivity contribution in [2.75, 3.05) is 17.7 Å². The zero-order valence-corrected chi connectivity index (χ0v) is 16.1. The molecule has 144 valence electrons. The van der Waals surface area contributed by atoms with Gasteiger partial charge >= 0.3 is 0 Å². The topological polar surface area (TPSA) is 72.5 Å². The van der Waals surface area contributed by atoms with Gasteiger partial charge in [-0.3, -0.25) is 9.78 Å². The normalized spacial score (nSPS) is 10.4. The van der Waals surface area contributed by atoms with Crippen LogP contribution in [0.4, 0.5) is 17.1 Å². The smallest absolute Gasteiger partial charge is 0.257 e. The largest absolute Gasteiger partial charge is 0.497 e. The van der Waals surface area contributed by atoms with E-state index < -0.39 is 0 Å². The number of hydrogen-bond donors (Lipinski definition) is 2. The van der Waals surface area contributed by atoms with Crippen molar-refractivity contribution in [1.82, 2.24) is 4.98 Å². The summed E-state index contributed by atoms with van der Waals surface area (Å²) in [6.07, 6.45) is 3.32. The maximum atomic E-state index is 12.5. The second-order valence-electron chi connectivity index (χ2n) is 6.46. The molecule has 3 aromatic rings. The van der Waals surface area contributed by atoms with Crippen LogP contribution in [0, 0.1) is 0 Å². The van der Waals surface area contributed by atoms with Crippen LogP contribution < -0.4 is 20.1 Å². The molecule has 1 amide bonds. The molecule has 2 aromatic carbocycles. The van der Waals surface area contributed by atoms with Gasteiger partial charge in [0.2, 0.25) is 0 Å². The quantitative estimate of drug-likeness (QED) is 0.614. The molecule has 3 rings (SSSR count). The van der Waals surface area contributed by atoms with Gasteiger partial charge in [-0.15, -0.1) is 0 Å². The minimum Gasteiger partial charge on any atom is -0.497 e. The molecular formula is C22H23N3O3. The van der Waals surface area contributed by atoms with E-state index in [0.717, 1.165) is 17.1 Å². The van der Waals surface area contributed by atoms with Crippen molar-refractivity contribution in [3.63, 3.8) is 0 Å². The molecule has 6 nitrogen and oxygen atoms in total. The van der Waals surface area contributed by atoms with E-state index in [2.05, 4.69) is 15.6 Å². The Morgan fingerprint density at radius 3 is 2.43 bits per heavy atom. The average molecular weight is 377 g/mol. The first-order valence-corrected chi connectivity index (χ1v) is 8.97. The predicted molar refractivity (Wildman–Crippen MR) is 111 cm³/mol. The summed E-state index contributed by atoms with van der Waals surface area (Å²) in [5.74, 6) is 1.24. The maximum absolute atomic E-state index is 12.5. The van der Waals surface area contributed by atoms with E-state index in [-0.39, 0.29) is 12.0 Å². The molecule has 0 atom stereocenters. The number of hydrogen-bond acceptors (Lipinski definition) is 5. The molecule has 0 bridgehead atoms. The Morgan fingerprint density at radius 2 is 1.71 bits per heavy atom. The number of aromatic nitrogens is 1. The summed E-state index contributed by atoms with van der Waals surface area (Å²) in [5.41, 5.74) is 2.70. The van der Waals surface area contributed by atoms with E-state index in [1.165, 1.54) is 6.20 Å². The van der Waals surface area contributed by atoms with Gasteiger partial charge in [0.25, 0.3) is 5.91 Å². The first-order valence-electron chi connectivity index (χ1n) is 8.97. The van der Waals surface area contributed by atoms with Crippen molar-refractivity contribution >= 4 is 23.0 Å². The lowest BCUT2D eigenvalue weighted by Crippen LogP contribution is -2.12. The molecular weight excluding hydrogens is 354 g/mol. The lowest BCUT2D eigenvalue weighted by atomic mass is 10.2. The number of nitrogens with zero attached hydrogens (tertiary/aromatic N) is 1. The van der Waals surface area contributed by atoms with Crippen LogP contribution in [-0.2, 0) is 0 Å². The number of pyridine rings is 1. The number of amides is 1. The minimum atomic E-state index is -0.245. The molecule has 0 aliphatic rings. The highest BCUT2D eigenvalue weighted by Gasteiger charge is 2.09. The van der Waals surface area contributed by atoms with Crippen LogP contribution in [0.3, 0.4) is 0 Å². The van der Waals surface area contributed by atoms with E-state index in [1.807, 2.05) is 50.2 Å². The fourth-order valence-corrected chi connectivity index (χ4v) is 2.59. The van der Waals surface area contributed by atoms with E-state index >= 15 is 0 Å². The molecule has 1 heterocycles. The van der Waals surface area contributed by atoms with Crippen molar-refractivity contribution in [3.8, 4) is 11.5 Å². The number of rotatable bonds is 7. The van der Waals surface area contributed by atoms with Gasteiger partial charge in [-0.05, 0) is 56.3 Å². The summed E-state index contributed by atoms with van der Waals surface area (Å²) in [4.78, 5) is 16.7. The highest BCUT2D eigenvalue weighted by Crippen LogP contribution is 2.22. The van der Waals surface area contributed by atoms with Crippen LogP contribution in [0.2, 0.25) is 0 Å². The fourth-order valence-electron chi connectivity index (χ4n) is 2.59. The lowest BCUT2D eigenvalue weighted by molar-refractivity contribution is 0.102. The fraction of sp³-hybridized carbons (Fsp3) is 0.182. The summed E-state index contributed by atoms with van der Waals surface area (Å²) in [6, 6.07) is 16.6. The standard InChI is InChI=1S/C22H23N3O3/c1-15(2)28-20-9-7-17(8-10-20)24-19-11-16(13-23-14-19)22(26)25-18-5-4-6-21(12-18)27-3/h4-15,24H,1-3H3,(H,25,26). The summed E-state index contributed by atoms with van der Waals surface area (Å²) in [7, 11) is 1.58. The van der Waals surface area contributed by atoms with Crippen LogP contribution in [0.25, 0.3) is 0 Å². The summed E-state index contributed by atoms with van der Waals surface area (Å²) in [6.45, 7) is 3.97. The summed E-state index contributed by atoms with van der Waals surface area (Å²) in [5, 5.41) is 6.09. The zero-order chi connectivity index (χ0) is 19.9. The molecule has 28 heavy (non-hydrogen) atoms. The number of benzene rings is 2. The molecule has 0 saturated carbocycles. The van der Waals surface area contributed by atoms with Crippen molar-refractivity contribution in [3.05, 3.63) is 72.6 Å². The van der Waals surface area contributed by atoms with Crippen molar-refractivity contribution < 1.29 is 14.3 Å². The zero-order valence-electron chi connectivity index (χ0n) is 16.1. The number of nitrogens with one attached hydrogen (secondary N) is 2. The Kier molecular flexibility index (Phi) is 6.11. The number of carbonyl (C=O) groups excluding carboxylic acids is 1. The molecule has 0 aliphatic carbocycles. The molecule has 0 saturated heterocycles. The molecule has 0 aliphatic heterocycles. The lowest BCUT2D eigenvalue weighted by Gasteiger charge is -2.12. The second kappa shape index (κ2) is 8.90. The predicted octanol–water partition coefficient (Wildman–Crippen LogP) is 4.87. The van der Waals surface area contributed by atoms with Crippen LogP contribution >= 0.6 is 0 Å². The maximum Gasteiger partial charge on any atom is 0.257 e. The minimum absolute atomic E-state index is 0.128. The Bertz CT molecular complexity index is 940. The summed E-state index contributed by atoms with van der Waals surface area (Å²) >= 11 is 0. The third kappa shape index (κ3) is 5.23. The van der Waals surface area contributed by atoms with E-state index in [1.54, 1.807) is 31.5 Å². The molecule has 0 fully saturated rings. The van der Waals surface area contributed by atoms with Gasteiger partial charge in [0.05, 0.1) is 30.7 Å². The Hall–Kier alpha value is -3.54. The Labute approximate surface area is 164 Å². The monoisotopic (exact) mass is 377 g/mol. The molecule has 0 radical (unpaired) electrons. The van der Waals surface area contributed by atoms with Crippen molar-refractivity contribution in [2.24, 2.45) is 0 Å². The van der Waals surface area contributed by atoms with Gasteiger partial charge in [-0.25, -0.2) is 0 Å². The van der Waals surface area contributed by atoms with Gasteiger partial charge in [-0.2, -0.15) is 0 Å². The van der Waals surface area contributed by atoms with Gasteiger partial charge < -0.3 is 20.1 Å². The van der Waals surface area contributed by atoms with E-state index in [0.29, 0.717) is 17.0 Å². The number of carbonyl (C=O) groups is 1. The third-order valence-corrected chi connectivity index (χ3v) is 3.84. The molecule has 0 spiro atoms. The Morgan fingerprint density at radius 1 is 0.929 bits per heavy atom. The molecule has 6 heteroatoms. The second-order valence-corrected chi connectivity index (χ2v) is 6.46. The van der Waals surface area contributed by atoms with Crippen LogP contribution in [0.15, 0.2) is 67.0 Å². The number of anilines is 3. The SMILES string of the molecule is COc1cccc(NC(=O)c2cncc(Nc3ccc(OC(C)C)cc3)c2)c1. The number of ether oxygens (including phenoxy) is 2. The highest BCUT2D eigenvalue weighted by atomic mass is 16.5. The van der Waals surface area contributed by atoms with Crippen LogP contribution in [0.5, 0.6) is 11.5 Å².